The minimum absolute atomic E-state index is 1.16. The Kier molecular flexibility index (Phi) is 7.05. The van der Waals surface area contributed by atoms with Crippen LogP contribution in [0.1, 0.15) is 63.5 Å². The summed E-state index contributed by atoms with van der Waals surface area (Å²) in [5.74, 6) is 0. The van der Waals surface area contributed by atoms with Crippen LogP contribution in [0.3, 0.4) is 0 Å². The molecule has 0 saturated heterocycles. The highest BCUT2D eigenvalue weighted by Crippen LogP contribution is 2.40. The molecule has 38 heavy (non-hydrogen) atoms. The summed E-state index contributed by atoms with van der Waals surface area (Å²) in [6.45, 7) is 4.54. The summed E-state index contributed by atoms with van der Waals surface area (Å²) in [4.78, 5) is 0. The van der Waals surface area contributed by atoms with Gasteiger partial charge in [-0.1, -0.05) is 100 Å². The van der Waals surface area contributed by atoms with E-state index in [4.69, 9.17) is 0 Å². The Hall–Kier alpha value is -3.78. The Morgan fingerprint density at radius 2 is 0.842 bits per heavy atom. The standard InChI is InChI=1S/C36H38N2/c1-3-5-7-13-27-19-23-29(24-20-27)37-33-17-11-9-15-31(33)36-35(37)32-16-10-12-18-34(32)38(36)30-25-21-28(22-26-30)14-8-6-4-2/h9-12,15-26H,3-8,13-14H2,1-2H3. The predicted molar refractivity (Wildman–Crippen MR) is 164 cm³/mol. The van der Waals surface area contributed by atoms with Gasteiger partial charge in [-0.15, -0.1) is 0 Å². The molecule has 2 heterocycles. The quantitative estimate of drug-likeness (QED) is 0.166. The topological polar surface area (TPSA) is 9.86 Å². The third kappa shape index (κ3) is 4.43. The molecule has 0 N–H and O–H groups in total. The van der Waals surface area contributed by atoms with Gasteiger partial charge in [0.05, 0.1) is 22.1 Å². The van der Waals surface area contributed by atoms with Crippen LogP contribution in [0.15, 0.2) is 97.1 Å². The van der Waals surface area contributed by atoms with Crippen molar-refractivity contribution < 1.29 is 0 Å². The Morgan fingerprint density at radius 1 is 0.447 bits per heavy atom. The number of nitrogens with zero attached hydrogens (tertiary/aromatic N) is 2. The summed E-state index contributed by atoms with van der Waals surface area (Å²) < 4.78 is 4.94. The van der Waals surface area contributed by atoms with Crippen LogP contribution >= 0.6 is 0 Å². The highest BCUT2D eigenvalue weighted by Gasteiger charge is 2.21. The van der Waals surface area contributed by atoms with Crippen molar-refractivity contribution in [3.63, 3.8) is 0 Å². The van der Waals surface area contributed by atoms with E-state index in [0.29, 0.717) is 0 Å². The molecule has 0 saturated carbocycles. The van der Waals surface area contributed by atoms with E-state index in [2.05, 4.69) is 120 Å². The van der Waals surface area contributed by atoms with Gasteiger partial charge in [-0.25, -0.2) is 0 Å². The van der Waals surface area contributed by atoms with Gasteiger partial charge in [-0.3, -0.25) is 0 Å². The van der Waals surface area contributed by atoms with Gasteiger partial charge in [-0.05, 0) is 73.2 Å². The smallest absolute Gasteiger partial charge is 0.0803 e. The molecule has 0 aliphatic heterocycles. The molecule has 6 aromatic rings. The van der Waals surface area contributed by atoms with Crippen LogP contribution in [0.25, 0.3) is 44.2 Å². The van der Waals surface area contributed by atoms with Gasteiger partial charge < -0.3 is 9.13 Å². The molecule has 2 nitrogen and oxygen atoms in total. The molecule has 0 radical (unpaired) electrons. The molecular formula is C36H38N2. The Morgan fingerprint density at radius 3 is 1.24 bits per heavy atom. The lowest BCUT2D eigenvalue weighted by Crippen LogP contribution is -1.95. The summed E-state index contributed by atoms with van der Waals surface area (Å²) in [6, 6.07) is 36.3. The predicted octanol–water partition coefficient (Wildman–Crippen LogP) is 10.2. The van der Waals surface area contributed by atoms with E-state index in [1.807, 2.05) is 0 Å². The van der Waals surface area contributed by atoms with Gasteiger partial charge in [0, 0.05) is 22.1 Å². The Bertz CT molecular complexity index is 1540. The first-order chi connectivity index (χ1) is 18.8. The van der Waals surface area contributed by atoms with E-state index in [-0.39, 0.29) is 0 Å². The van der Waals surface area contributed by atoms with Crippen molar-refractivity contribution in [2.75, 3.05) is 0 Å². The van der Waals surface area contributed by atoms with Crippen molar-refractivity contribution in [1.29, 1.82) is 0 Å². The average Bonchev–Trinajstić information content (AvgIpc) is 3.47. The summed E-state index contributed by atoms with van der Waals surface area (Å²) in [6.07, 6.45) is 9.95. The number of aryl methyl sites for hydroxylation is 2. The van der Waals surface area contributed by atoms with Crippen LogP contribution < -0.4 is 0 Å². The molecule has 0 atom stereocenters. The first-order valence-electron chi connectivity index (χ1n) is 14.5. The molecule has 0 unspecified atom stereocenters. The summed E-state index contributed by atoms with van der Waals surface area (Å²) in [5.41, 5.74) is 10.4. The molecule has 0 aliphatic carbocycles. The zero-order valence-corrected chi connectivity index (χ0v) is 22.8. The molecule has 0 fully saturated rings. The van der Waals surface area contributed by atoms with Crippen molar-refractivity contribution in [3.8, 4) is 11.4 Å². The second-order valence-electron chi connectivity index (χ2n) is 10.6. The molecule has 192 valence electrons. The zero-order valence-electron chi connectivity index (χ0n) is 22.8. The molecule has 0 aliphatic rings. The van der Waals surface area contributed by atoms with Gasteiger partial charge in [-0.2, -0.15) is 0 Å². The first kappa shape index (κ1) is 24.6. The highest BCUT2D eigenvalue weighted by molar-refractivity contribution is 6.19. The maximum atomic E-state index is 2.47. The Balaban J connectivity index is 1.53. The van der Waals surface area contributed by atoms with E-state index in [9.17, 15) is 0 Å². The van der Waals surface area contributed by atoms with Crippen LogP contribution in [-0.4, -0.2) is 9.13 Å². The number of unbranched alkanes of at least 4 members (excludes halogenated alkanes) is 4. The van der Waals surface area contributed by atoms with E-state index < -0.39 is 0 Å². The summed E-state index contributed by atoms with van der Waals surface area (Å²) >= 11 is 0. The van der Waals surface area contributed by atoms with Gasteiger partial charge in [0.1, 0.15) is 0 Å². The molecular weight excluding hydrogens is 460 g/mol. The van der Waals surface area contributed by atoms with Crippen molar-refractivity contribution >= 4 is 32.8 Å². The van der Waals surface area contributed by atoms with Gasteiger partial charge in [0.2, 0.25) is 0 Å². The first-order valence-corrected chi connectivity index (χ1v) is 14.5. The lowest BCUT2D eigenvalue weighted by atomic mass is 10.1. The number of fused-ring (bicyclic) bond motifs is 5. The molecule has 4 aromatic carbocycles. The van der Waals surface area contributed by atoms with Crippen LogP contribution in [0.2, 0.25) is 0 Å². The van der Waals surface area contributed by atoms with E-state index >= 15 is 0 Å². The van der Waals surface area contributed by atoms with Crippen molar-refractivity contribution in [1.82, 2.24) is 9.13 Å². The van der Waals surface area contributed by atoms with Crippen molar-refractivity contribution in [2.45, 2.75) is 65.2 Å². The number of hydrogen-bond acceptors (Lipinski definition) is 0. The lowest BCUT2D eigenvalue weighted by molar-refractivity contribution is 0.717. The third-order valence-corrected chi connectivity index (χ3v) is 8.00. The molecule has 6 rings (SSSR count). The zero-order chi connectivity index (χ0) is 25.9. The number of hydrogen-bond donors (Lipinski definition) is 0. The Labute approximate surface area is 226 Å². The van der Waals surface area contributed by atoms with E-state index in [1.54, 1.807) is 0 Å². The molecule has 0 bridgehead atoms. The fourth-order valence-corrected chi connectivity index (χ4v) is 6.00. The minimum atomic E-state index is 1.16. The SMILES string of the molecule is CCCCCc1ccc(-n2c3ccccc3c3c2c2ccccc2n3-c2ccc(CCCCC)cc2)cc1. The third-order valence-electron chi connectivity index (χ3n) is 8.00. The second-order valence-corrected chi connectivity index (χ2v) is 10.6. The van der Waals surface area contributed by atoms with Gasteiger partial charge in [0.15, 0.2) is 0 Å². The minimum Gasteiger partial charge on any atom is -0.307 e. The molecule has 2 aromatic heterocycles. The van der Waals surface area contributed by atoms with Crippen LogP contribution in [-0.2, 0) is 12.8 Å². The summed E-state index contributed by atoms with van der Waals surface area (Å²) in [7, 11) is 0. The fraction of sp³-hybridized carbons (Fsp3) is 0.278. The van der Waals surface area contributed by atoms with Gasteiger partial charge >= 0.3 is 0 Å². The van der Waals surface area contributed by atoms with E-state index in [0.717, 1.165) is 12.8 Å². The van der Waals surface area contributed by atoms with Crippen molar-refractivity contribution in [2.24, 2.45) is 0 Å². The lowest BCUT2D eigenvalue weighted by Gasteiger charge is -2.10. The van der Waals surface area contributed by atoms with E-state index in [1.165, 1.54) is 93.9 Å². The monoisotopic (exact) mass is 498 g/mol. The highest BCUT2D eigenvalue weighted by atomic mass is 15.1. The van der Waals surface area contributed by atoms with Crippen LogP contribution in [0, 0.1) is 0 Å². The second kappa shape index (κ2) is 10.9. The summed E-state index contributed by atoms with van der Waals surface area (Å²) in [5, 5.41) is 2.58. The largest absolute Gasteiger partial charge is 0.307 e. The average molecular weight is 499 g/mol. The van der Waals surface area contributed by atoms with Crippen molar-refractivity contribution in [3.05, 3.63) is 108 Å². The van der Waals surface area contributed by atoms with Crippen LogP contribution in [0.4, 0.5) is 0 Å². The maximum absolute atomic E-state index is 2.47. The number of aromatic nitrogens is 2. The van der Waals surface area contributed by atoms with Crippen LogP contribution in [0.5, 0.6) is 0 Å². The van der Waals surface area contributed by atoms with Gasteiger partial charge in [0.25, 0.3) is 0 Å². The number of rotatable bonds is 10. The fourth-order valence-electron chi connectivity index (χ4n) is 6.00. The molecule has 0 spiro atoms. The maximum Gasteiger partial charge on any atom is 0.0803 e. The molecule has 2 heteroatoms. The normalized spacial score (nSPS) is 11.7. The number of para-hydroxylation sites is 2. The number of benzene rings is 4. The molecule has 0 amide bonds.